The number of rotatable bonds is 2. The van der Waals surface area contributed by atoms with Gasteiger partial charge in [-0.2, -0.15) is 0 Å². The average molecular weight is 273 g/mol. The van der Waals surface area contributed by atoms with Gasteiger partial charge in [0.05, 0.1) is 0 Å². The largest absolute Gasteiger partial charge is 0.396 e. The highest BCUT2D eigenvalue weighted by Crippen LogP contribution is 2.32. The second-order valence-electron chi connectivity index (χ2n) is 6.11. The van der Waals surface area contributed by atoms with E-state index in [1.54, 1.807) is 0 Å². The van der Waals surface area contributed by atoms with Crippen LogP contribution in [0, 0.1) is 11.8 Å². The Morgan fingerprint density at radius 3 is 2.75 bits per heavy atom. The lowest BCUT2D eigenvalue weighted by Crippen LogP contribution is -2.43. The zero-order chi connectivity index (χ0) is 13.9. The van der Waals surface area contributed by atoms with Gasteiger partial charge < -0.3 is 10.0 Å². The van der Waals surface area contributed by atoms with Gasteiger partial charge in [0, 0.05) is 25.6 Å². The molecule has 0 radical (unpaired) electrons. The highest BCUT2D eigenvalue weighted by atomic mass is 16.3. The summed E-state index contributed by atoms with van der Waals surface area (Å²) >= 11 is 0. The van der Waals surface area contributed by atoms with Gasteiger partial charge in [-0.1, -0.05) is 37.1 Å². The van der Waals surface area contributed by atoms with E-state index in [1.165, 1.54) is 11.1 Å². The number of aliphatic hydroxyl groups excluding tert-OH is 1. The van der Waals surface area contributed by atoms with E-state index in [2.05, 4.69) is 18.2 Å². The maximum Gasteiger partial charge on any atom is 0.226 e. The molecule has 1 aliphatic carbocycles. The molecule has 0 saturated heterocycles. The Bertz CT molecular complexity index is 486. The Hall–Kier alpha value is -1.35. The SMILES string of the molecule is O=C(C1CCCCC1CO)N1CCc2ccccc2C1. The van der Waals surface area contributed by atoms with Crippen LogP contribution in [0.15, 0.2) is 24.3 Å². The molecule has 3 heteroatoms. The molecule has 1 fully saturated rings. The molecule has 1 N–H and O–H groups in total. The van der Waals surface area contributed by atoms with Crippen LogP contribution in [0.2, 0.25) is 0 Å². The number of benzene rings is 1. The number of carbonyl (C=O) groups is 1. The molecule has 108 valence electrons. The summed E-state index contributed by atoms with van der Waals surface area (Å²) in [6.07, 6.45) is 5.17. The van der Waals surface area contributed by atoms with E-state index < -0.39 is 0 Å². The molecule has 1 heterocycles. The first-order valence-electron chi connectivity index (χ1n) is 7.76. The lowest BCUT2D eigenvalue weighted by molar-refractivity contribution is -0.140. The number of nitrogens with zero attached hydrogens (tertiary/aromatic N) is 1. The van der Waals surface area contributed by atoms with Crippen LogP contribution >= 0.6 is 0 Å². The van der Waals surface area contributed by atoms with Gasteiger partial charge in [0.1, 0.15) is 0 Å². The molecule has 1 aromatic carbocycles. The summed E-state index contributed by atoms with van der Waals surface area (Å²) in [5.41, 5.74) is 2.65. The summed E-state index contributed by atoms with van der Waals surface area (Å²) < 4.78 is 0. The Labute approximate surface area is 120 Å². The molecule has 1 amide bonds. The van der Waals surface area contributed by atoms with Crippen molar-refractivity contribution in [1.82, 2.24) is 4.90 Å². The van der Waals surface area contributed by atoms with E-state index in [9.17, 15) is 9.90 Å². The minimum absolute atomic E-state index is 0.0408. The van der Waals surface area contributed by atoms with Crippen LogP contribution in [0.4, 0.5) is 0 Å². The fourth-order valence-corrected chi connectivity index (χ4v) is 3.67. The van der Waals surface area contributed by atoms with Crippen LogP contribution in [0.1, 0.15) is 36.8 Å². The van der Waals surface area contributed by atoms with Crippen molar-refractivity contribution in [1.29, 1.82) is 0 Å². The third-order valence-corrected chi connectivity index (χ3v) is 4.90. The van der Waals surface area contributed by atoms with E-state index in [4.69, 9.17) is 0 Å². The second-order valence-corrected chi connectivity index (χ2v) is 6.11. The van der Waals surface area contributed by atoms with Crippen LogP contribution in [-0.4, -0.2) is 29.1 Å². The van der Waals surface area contributed by atoms with Crippen LogP contribution in [0.3, 0.4) is 0 Å². The highest BCUT2D eigenvalue weighted by Gasteiger charge is 2.34. The van der Waals surface area contributed by atoms with Gasteiger partial charge in [0.25, 0.3) is 0 Å². The van der Waals surface area contributed by atoms with Crippen molar-refractivity contribution < 1.29 is 9.90 Å². The maximum atomic E-state index is 12.7. The first-order valence-corrected chi connectivity index (χ1v) is 7.76. The third kappa shape index (κ3) is 2.59. The van der Waals surface area contributed by atoms with Gasteiger partial charge in [-0.15, -0.1) is 0 Å². The molecular formula is C17H23NO2. The molecule has 0 aromatic heterocycles. The predicted molar refractivity (Wildman–Crippen MR) is 78.1 cm³/mol. The molecule has 3 nitrogen and oxygen atoms in total. The first kappa shape index (κ1) is 13.6. The zero-order valence-corrected chi connectivity index (χ0v) is 11.9. The van der Waals surface area contributed by atoms with Gasteiger partial charge >= 0.3 is 0 Å². The van der Waals surface area contributed by atoms with Crippen molar-refractivity contribution in [3.63, 3.8) is 0 Å². The standard InChI is InChI=1S/C17H23NO2/c19-12-15-7-3-4-8-16(15)17(20)18-10-9-13-5-1-2-6-14(13)11-18/h1-2,5-6,15-16,19H,3-4,7-12H2. The van der Waals surface area contributed by atoms with E-state index in [1.807, 2.05) is 11.0 Å². The molecule has 2 atom stereocenters. The van der Waals surface area contributed by atoms with Crippen molar-refractivity contribution in [3.05, 3.63) is 35.4 Å². The maximum absolute atomic E-state index is 12.7. The van der Waals surface area contributed by atoms with Gasteiger partial charge in [0.2, 0.25) is 5.91 Å². The van der Waals surface area contributed by atoms with Crippen LogP contribution in [0.25, 0.3) is 0 Å². The van der Waals surface area contributed by atoms with Gasteiger partial charge in [-0.05, 0) is 36.3 Å². The summed E-state index contributed by atoms with van der Waals surface area (Å²) in [4.78, 5) is 14.7. The van der Waals surface area contributed by atoms with Gasteiger partial charge in [-0.25, -0.2) is 0 Å². The molecule has 1 aliphatic heterocycles. The summed E-state index contributed by atoms with van der Waals surface area (Å²) in [7, 11) is 0. The fourth-order valence-electron chi connectivity index (χ4n) is 3.67. The number of aliphatic hydroxyl groups is 1. The minimum Gasteiger partial charge on any atom is -0.396 e. The van der Waals surface area contributed by atoms with E-state index >= 15 is 0 Å². The monoisotopic (exact) mass is 273 g/mol. The average Bonchev–Trinajstić information content (AvgIpc) is 2.53. The molecule has 2 unspecified atom stereocenters. The third-order valence-electron chi connectivity index (χ3n) is 4.90. The molecule has 1 aromatic rings. The smallest absolute Gasteiger partial charge is 0.226 e. The number of hydrogen-bond acceptors (Lipinski definition) is 2. The molecule has 0 bridgehead atoms. The van der Waals surface area contributed by atoms with Crippen molar-refractivity contribution in [2.45, 2.75) is 38.6 Å². The normalized spacial score (nSPS) is 26.1. The Morgan fingerprint density at radius 1 is 1.20 bits per heavy atom. The summed E-state index contributed by atoms with van der Waals surface area (Å²) in [6.45, 7) is 1.72. The van der Waals surface area contributed by atoms with Gasteiger partial charge in [-0.3, -0.25) is 4.79 Å². The molecule has 0 spiro atoms. The van der Waals surface area contributed by atoms with E-state index in [-0.39, 0.29) is 24.3 Å². The fraction of sp³-hybridized carbons (Fsp3) is 0.588. The zero-order valence-electron chi connectivity index (χ0n) is 11.9. The number of fused-ring (bicyclic) bond motifs is 1. The van der Waals surface area contributed by atoms with Crippen molar-refractivity contribution in [3.8, 4) is 0 Å². The van der Waals surface area contributed by atoms with Crippen LogP contribution in [-0.2, 0) is 17.8 Å². The molecule has 20 heavy (non-hydrogen) atoms. The molecule has 3 rings (SSSR count). The van der Waals surface area contributed by atoms with Crippen LogP contribution in [0.5, 0.6) is 0 Å². The first-order chi connectivity index (χ1) is 9.79. The predicted octanol–water partition coefficient (Wildman–Crippen LogP) is 2.37. The topological polar surface area (TPSA) is 40.5 Å². The summed E-state index contributed by atoms with van der Waals surface area (Å²) in [5, 5.41) is 9.50. The lowest BCUT2D eigenvalue weighted by atomic mass is 9.78. The van der Waals surface area contributed by atoms with Crippen LogP contribution < -0.4 is 0 Å². The molecule has 2 aliphatic rings. The molecular weight excluding hydrogens is 250 g/mol. The molecule has 1 saturated carbocycles. The number of carbonyl (C=O) groups excluding carboxylic acids is 1. The lowest BCUT2D eigenvalue weighted by Gasteiger charge is -2.36. The number of amides is 1. The minimum atomic E-state index is 0.0408. The summed E-state index contributed by atoms with van der Waals surface area (Å²) in [5.74, 6) is 0.477. The van der Waals surface area contributed by atoms with Crippen molar-refractivity contribution in [2.24, 2.45) is 11.8 Å². The van der Waals surface area contributed by atoms with Crippen molar-refractivity contribution >= 4 is 5.91 Å². The highest BCUT2D eigenvalue weighted by molar-refractivity contribution is 5.79. The Balaban J connectivity index is 1.72. The van der Waals surface area contributed by atoms with Crippen molar-refractivity contribution in [2.75, 3.05) is 13.2 Å². The quantitative estimate of drug-likeness (QED) is 0.898. The summed E-state index contributed by atoms with van der Waals surface area (Å²) in [6, 6.07) is 8.40. The van der Waals surface area contributed by atoms with E-state index in [0.717, 1.165) is 45.2 Å². The number of hydrogen-bond donors (Lipinski definition) is 1. The Morgan fingerprint density at radius 2 is 1.95 bits per heavy atom. The van der Waals surface area contributed by atoms with E-state index in [0.29, 0.717) is 0 Å². The Kier molecular flexibility index (Phi) is 4.06. The van der Waals surface area contributed by atoms with Gasteiger partial charge in [0.15, 0.2) is 0 Å². The second kappa shape index (κ2) is 5.96.